The molecule has 1 amide bonds. The van der Waals surface area contributed by atoms with Crippen molar-refractivity contribution in [2.75, 3.05) is 26.3 Å². The van der Waals surface area contributed by atoms with Gasteiger partial charge in [0.25, 0.3) is 0 Å². The molecular formula is C14H20N2O4S. The van der Waals surface area contributed by atoms with Gasteiger partial charge >= 0.3 is 6.09 Å². The summed E-state index contributed by atoms with van der Waals surface area (Å²) in [4.78, 5) is 18.5. The average Bonchev–Trinajstić information content (AvgIpc) is 3.01. The number of nitrogens with zero attached hydrogens (tertiary/aromatic N) is 2. The molecule has 1 aromatic heterocycles. The number of ether oxygens (including phenoxy) is 1. The smallest absolute Gasteiger partial charge is 0.407 e. The van der Waals surface area contributed by atoms with Crippen LogP contribution in [-0.2, 0) is 9.57 Å². The third-order valence-electron chi connectivity index (χ3n) is 3.32. The molecule has 116 valence electrons. The number of thiophene rings is 1. The first-order valence-electron chi connectivity index (χ1n) is 6.96. The molecule has 0 bridgehead atoms. The Morgan fingerprint density at radius 1 is 1.48 bits per heavy atom. The van der Waals surface area contributed by atoms with Crippen molar-refractivity contribution >= 4 is 23.1 Å². The second-order valence-corrected chi connectivity index (χ2v) is 5.77. The van der Waals surface area contributed by atoms with E-state index >= 15 is 0 Å². The third-order valence-corrected chi connectivity index (χ3v) is 4.30. The first-order valence-corrected chi connectivity index (χ1v) is 7.84. The minimum atomic E-state index is -0.852. The summed E-state index contributed by atoms with van der Waals surface area (Å²) in [5.74, 6) is 0. The Morgan fingerprint density at radius 3 is 2.86 bits per heavy atom. The molecule has 0 aliphatic carbocycles. The SMILES string of the molecule is CC(=NOCCOC1CCN(C(=O)O)CC1)c1cccs1. The zero-order valence-electron chi connectivity index (χ0n) is 12.0. The van der Waals surface area contributed by atoms with E-state index in [0.717, 1.165) is 23.4 Å². The fourth-order valence-electron chi connectivity index (χ4n) is 2.14. The summed E-state index contributed by atoms with van der Waals surface area (Å²) in [6.07, 6.45) is 0.745. The molecule has 1 aliphatic heterocycles. The Balaban J connectivity index is 1.58. The van der Waals surface area contributed by atoms with Crippen LogP contribution in [0, 0.1) is 0 Å². The van der Waals surface area contributed by atoms with Gasteiger partial charge in [0.2, 0.25) is 0 Å². The number of likely N-dealkylation sites (tertiary alicyclic amines) is 1. The topological polar surface area (TPSA) is 71.4 Å². The molecule has 2 heterocycles. The molecule has 0 atom stereocenters. The molecule has 1 fully saturated rings. The van der Waals surface area contributed by atoms with Crippen molar-refractivity contribution in [1.29, 1.82) is 0 Å². The van der Waals surface area contributed by atoms with Crippen LogP contribution in [-0.4, -0.2) is 54.2 Å². The number of piperidine rings is 1. The van der Waals surface area contributed by atoms with Gasteiger partial charge in [-0.1, -0.05) is 11.2 Å². The predicted molar refractivity (Wildman–Crippen MR) is 81.1 cm³/mol. The molecule has 7 heteroatoms. The largest absolute Gasteiger partial charge is 0.465 e. The standard InChI is InChI=1S/C14H20N2O4S/c1-11(13-3-2-10-21-13)15-20-9-8-19-12-4-6-16(7-5-12)14(17)18/h2-3,10,12H,4-9H2,1H3,(H,17,18). The summed E-state index contributed by atoms with van der Waals surface area (Å²) >= 11 is 1.63. The second kappa shape index (κ2) is 7.99. The molecular weight excluding hydrogens is 292 g/mol. The van der Waals surface area contributed by atoms with Crippen molar-refractivity contribution in [3.63, 3.8) is 0 Å². The summed E-state index contributed by atoms with van der Waals surface area (Å²) in [5.41, 5.74) is 0.861. The van der Waals surface area contributed by atoms with Crippen LogP contribution in [0.1, 0.15) is 24.6 Å². The van der Waals surface area contributed by atoms with Gasteiger partial charge in [-0.05, 0) is 31.2 Å². The van der Waals surface area contributed by atoms with Gasteiger partial charge in [0.15, 0.2) is 0 Å². The number of amides is 1. The Hall–Kier alpha value is -1.60. The molecule has 1 aliphatic rings. The molecule has 0 unspecified atom stereocenters. The molecule has 0 aromatic carbocycles. The third kappa shape index (κ3) is 5.02. The highest BCUT2D eigenvalue weighted by Gasteiger charge is 2.22. The number of oxime groups is 1. The fourth-order valence-corrected chi connectivity index (χ4v) is 2.81. The van der Waals surface area contributed by atoms with Crippen molar-refractivity contribution in [2.24, 2.45) is 5.16 Å². The first kappa shape index (κ1) is 15.8. The quantitative estimate of drug-likeness (QED) is 0.498. The van der Waals surface area contributed by atoms with Crippen molar-refractivity contribution in [2.45, 2.75) is 25.9 Å². The Morgan fingerprint density at radius 2 is 2.24 bits per heavy atom. The molecule has 6 nitrogen and oxygen atoms in total. The van der Waals surface area contributed by atoms with E-state index in [4.69, 9.17) is 14.7 Å². The van der Waals surface area contributed by atoms with Crippen LogP contribution in [0.5, 0.6) is 0 Å². The lowest BCUT2D eigenvalue weighted by atomic mass is 10.1. The summed E-state index contributed by atoms with van der Waals surface area (Å²) in [7, 11) is 0. The molecule has 1 saturated heterocycles. The zero-order valence-corrected chi connectivity index (χ0v) is 12.8. The van der Waals surface area contributed by atoms with E-state index in [-0.39, 0.29) is 6.10 Å². The Labute approximate surface area is 128 Å². The van der Waals surface area contributed by atoms with Gasteiger partial charge in [-0.15, -0.1) is 11.3 Å². The van der Waals surface area contributed by atoms with Crippen LogP contribution in [0.25, 0.3) is 0 Å². The molecule has 0 radical (unpaired) electrons. The maximum absolute atomic E-state index is 10.8. The van der Waals surface area contributed by atoms with E-state index in [2.05, 4.69) is 5.16 Å². The van der Waals surface area contributed by atoms with Crippen LogP contribution in [0.4, 0.5) is 4.79 Å². The van der Waals surface area contributed by atoms with E-state index in [9.17, 15) is 4.79 Å². The van der Waals surface area contributed by atoms with E-state index in [1.165, 1.54) is 4.90 Å². The molecule has 21 heavy (non-hydrogen) atoms. The van der Waals surface area contributed by atoms with Gasteiger partial charge in [0.05, 0.1) is 23.3 Å². The number of hydrogen-bond acceptors (Lipinski definition) is 5. The highest BCUT2D eigenvalue weighted by Crippen LogP contribution is 2.13. The molecule has 1 N–H and O–H groups in total. The lowest BCUT2D eigenvalue weighted by Crippen LogP contribution is -2.40. The van der Waals surface area contributed by atoms with E-state index in [1.807, 2.05) is 24.4 Å². The Kier molecular flexibility index (Phi) is 6.01. The summed E-state index contributed by atoms with van der Waals surface area (Å²) in [5, 5.41) is 14.9. The van der Waals surface area contributed by atoms with Gasteiger partial charge in [0.1, 0.15) is 6.61 Å². The maximum Gasteiger partial charge on any atom is 0.407 e. The number of carboxylic acid groups (broad SMARTS) is 1. The van der Waals surface area contributed by atoms with Gasteiger partial charge in [-0.3, -0.25) is 0 Å². The van der Waals surface area contributed by atoms with Crippen LogP contribution < -0.4 is 0 Å². The van der Waals surface area contributed by atoms with Crippen molar-refractivity contribution in [3.8, 4) is 0 Å². The molecule has 0 spiro atoms. The van der Waals surface area contributed by atoms with Crippen LogP contribution in [0.15, 0.2) is 22.7 Å². The van der Waals surface area contributed by atoms with Crippen molar-refractivity contribution in [3.05, 3.63) is 22.4 Å². The number of carbonyl (C=O) groups is 1. The highest BCUT2D eigenvalue weighted by atomic mass is 32.1. The van der Waals surface area contributed by atoms with E-state index in [0.29, 0.717) is 26.3 Å². The van der Waals surface area contributed by atoms with Crippen LogP contribution in [0.3, 0.4) is 0 Å². The summed E-state index contributed by atoms with van der Waals surface area (Å²) < 4.78 is 5.67. The zero-order chi connectivity index (χ0) is 15.1. The summed E-state index contributed by atoms with van der Waals surface area (Å²) in [6.45, 7) is 3.86. The van der Waals surface area contributed by atoms with E-state index in [1.54, 1.807) is 11.3 Å². The average molecular weight is 312 g/mol. The minimum Gasteiger partial charge on any atom is -0.465 e. The lowest BCUT2D eigenvalue weighted by molar-refractivity contribution is -0.0192. The highest BCUT2D eigenvalue weighted by molar-refractivity contribution is 7.12. The first-order chi connectivity index (χ1) is 10.2. The van der Waals surface area contributed by atoms with Gasteiger partial charge in [-0.2, -0.15) is 0 Å². The predicted octanol–water partition coefficient (Wildman–Crippen LogP) is 2.65. The normalized spacial score (nSPS) is 17.0. The maximum atomic E-state index is 10.8. The molecule has 1 aromatic rings. The number of hydrogen-bond donors (Lipinski definition) is 1. The van der Waals surface area contributed by atoms with Crippen LogP contribution >= 0.6 is 11.3 Å². The Bertz CT molecular complexity index is 467. The molecule has 2 rings (SSSR count). The van der Waals surface area contributed by atoms with Crippen molar-refractivity contribution in [1.82, 2.24) is 4.90 Å². The summed E-state index contributed by atoms with van der Waals surface area (Å²) in [6, 6.07) is 3.98. The fraction of sp³-hybridized carbons (Fsp3) is 0.571. The minimum absolute atomic E-state index is 0.117. The second-order valence-electron chi connectivity index (χ2n) is 4.83. The van der Waals surface area contributed by atoms with Crippen LogP contribution in [0.2, 0.25) is 0 Å². The van der Waals surface area contributed by atoms with Gasteiger partial charge < -0.3 is 19.6 Å². The number of rotatable bonds is 6. The van der Waals surface area contributed by atoms with E-state index < -0.39 is 6.09 Å². The molecule has 0 saturated carbocycles. The van der Waals surface area contributed by atoms with Crippen molar-refractivity contribution < 1.29 is 19.5 Å². The van der Waals surface area contributed by atoms with Gasteiger partial charge in [-0.25, -0.2) is 4.79 Å². The monoisotopic (exact) mass is 312 g/mol. The van der Waals surface area contributed by atoms with Gasteiger partial charge in [0, 0.05) is 13.1 Å². The lowest BCUT2D eigenvalue weighted by Gasteiger charge is -2.29.